The van der Waals surface area contributed by atoms with Crippen LogP contribution in [0.4, 0.5) is 23.2 Å². The van der Waals surface area contributed by atoms with Crippen molar-refractivity contribution in [2.45, 2.75) is 38.7 Å². The molecule has 3 aromatic carbocycles. The van der Waals surface area contributed by atoms with Gasteiger partial charge in [0.15, 0.2) is 0 Å². The highest BCUT2D eigenvalue weighted by atomic mass is 19.4. The second-order valence-electron chi connectivity index (χ2n) is 12.5. The lowest BCUT2D eigenvalue weighted by Crippen LogP contribution is -2.54. The molecule has 3 aromatic rings. The van der Waals surface area contributed by atoms with Crippen molar-refractivity contribution in [2.75, 3.05) is 46.4 Å². The molecule has 1 fully saturated rings. The van der Waals surface area contributed by atoms with Gasteiger partial charge >= 0.3 is 12.1 Å². The van der Waals surface area contributed by atoms with Crippen molar-refractivity contribution in [3.63, 3.8) is 0 Å². The molecule has 0 bridgehead atoms. The maximum absolute atomic E-state index is 15.2. The number of amides is 1. The first-order chi connectivity index (χ1) is 24.8. The topological polar surface area (TPSA) is 112 Å². The molecular formula is C37H40F4N6O5. The number of rotatable bonds is 13. The van der Waals surface area contributed by atoms with E-state index < -0.39 is 52.5 Å². The summed E-state index contributed by atoms with van der Waals surface area (Å²) in [6.45, 7) is 7.57. The quantitative estimate of drug-likeness (QED) is 0.101. The molecule has 11 nitrogen and oxygen atoms in total. The van der Waals surface area contributed by atoms with Crippen molar-refractivity contribution in [1.82, 2.24) is 24.9 Å². The third kappa shape index (κ3) is 8.77. The summed E-state index contributed by atoms with van der Waals surface area (Å²) in [5, 5.41) is 14.6. The number of carbonyl (C=O) groups excluding carboxylic acids is 2. The highest BCUT2D eigenvalue weighted by Crippen LogP contribution is 2.37. The van der Waals surface area contributed by atoms with E-state index in [1.54, 1.807) is 19.1 Å². The summed E-state index contributed by atoms with van der Waals surface area (Å²) in [5.41, 5.74) is 0.398. The zero-order chi connectivity index (χ0) is 37.6. The molecule has 276 valence electrons. The Kier molecular flexibility index (Phi) is 12.0. The second-order valence-corrected chi connectivity index (χ2v) is 12.5. The van der Waals surface area contributed by atoms with Crippen LogP contribution in [-0.4, -0.2) is 82.8 Å². The fourth-order valence-electron chi connectivity index (χ4n) is 6.53. The molecule has 0 aromatic heterocycles. The Morgan fingerprint density at radius 1 is 1.00 bits per heavy atom. The van der Waals surface area contributed by atoms with Gasteiger partial charge in [-0.1, -0.05) is 55.1 Å². The molecule has 2 aliphatic heterocycles. The number of hydrogen-bond acceptors (Lipinski definition) is 9. The van der Waals surface area contributed by atoms with E-state index in [1.165, 1.54) is 29.0 Å². The zero-order valence-corrected chi connectivity index (χ0v) is 28.9. The third-order valence-corrected chi connectivity index (χ3v) is 9.29. The number of allylic oxidation sites excluding steroid dienone is 1. The predicted octanol–water partition coefficient (Wildman–Crippen LogP) is 5.81. The number of esters is 1. The number of carbonyl (C=O) groups is 2. The summed E-state index contributed by atoms with van der Waals surface area (Å²) >= 11 is 0. The average molecular weight is 725 g/mol. The Labute approximate surface area is 298 Å². The first-order valence-electron chi connectivity index (χ1n) is 16.7. The van der Waals surface area contributed by atoms with E-state index in [9.17, 15) is 32.9 Å². The van der Waals surface area contributed by atoms with Crippen LogP contribution in [0.5, 0.6) is 0 Å². The maximum Gasteiger partial charge on any atom is 0.416 e. The van der Waals surface area contributed by atoms with Gasteiger partial charge in [-0.3, -0.25) is 29.5 Å². The predicted molar refractivity (Wildman–Crippen MR) is 184 cm³/mol. The number of halogens is 4. The van der Waals surface area contributed by atoms with Crippen LogP contribution in [0, 0.1) is 15.9 Å². The Bertz CT molecular complexity index is 1830. The SMILES string of the molecule is C=C1N(C[C@H](NCCC(=O)OC)c2ccccc2)C(=O)C(N2CCN(Cc3cccc([N+](=O)[O-])c3)CC2)=C(C)N1Cc1c(F)cccc1C(F)(F)F. The van der Waals surface area contributed by atoms with Gasteiger partial charge in [-0.05, 0) is 30.2 Å². The molecule has 1 atom stereocenters. The van der Waals surface area contributed by atoms with Gasteiger partial charge in [0.05, 0.1) is 36.6 Å². The number of nitro benzene ring substituents is 1. The van der Waals surface area contributed by atoms with E-state index >= 15 is 4.39 Å². The fraction of sp³-hybridized carbons (Fsp3) is 0.351. The average Bonchev–Trinajstić information content (AvgIpc) is 3.12. The van der Waals surface area contributed by atoms with Crippen LogP contribution >= 0.6 is 0 Å². The number of nitrogens with zero attached hydrogens (tertiary/aromatic N) is 5. The molecule has 0 spiro atoms. The highest BCUT2D eigenvalue weighted by molar-refractivity contribution is 5.96. The van der Waals surface area contributed by atoms with E-state index in [1.807, 2.05) is 35.2 Å². The van der Waals surface area contributed by atoms with Crippen molar-refractivity contribution in [3.8, 4) is 0 Å². The lowest BCUT2D eigenvalue weighted by atomic mass is 10.0. The van der Waals surface area contributed by atoms with Gasteiger partial charge in [0.2, 0.25) is 0 Å². The normalized spacial score (nSPS) is 16.4. The molecule has 1 saturated heterocycles. The Morgan fingerprint density at radius 2 is 1.69 bits per heavy atom. The Hall–Kier alpha value is -5.28. The van der Waals surface area contributed by atoms with Crippen LogP contribution in [0.15, 0.2) is 96.6 Å². The Morgan fingerprint density at radius 3 is 2.35 bits per heavy atom. The lowest BCUT2D eigenvalue weighted by Gasteiger charge is -2.46. The van der Waals surface area contributed by atoms with Crippen molar-refractivity contribution >= 4 is 17.6 Å². The number of methoxy groups -OCH3 is 1. The number of ether oxygens (including phenoxy) is 1. The van der Waals surface area contributed by atoms with Crippen molar-refractivity contribution in [2.24, 2.45) is 0 Å². The van der Waals surface area contributed by atoms with E-state index in [4.69, 9.17) is 4.74 Å². The van der Waals surface area contributed by atoms with Gasteiger partial charge in [0.25, 0.3) is 11.6 Å². The molecule has 52 heavy (non-hydrogen) atoms. The molecule has 0 radical (unpaired) electrons. The lowest BCUT2D eigenvalue weighted by molar-refractivity contribution is -0.384. The van der Waals surface area contributed by atoms with Gasteiger partial charge in [0.1, 0.15) is 17.3 Å². The van der Waals surface area contributed by atoms with Crippen LogP contribution in [0.2, 0.25) is 0 Å². The third-order valence-electron chi connectivity index (χ3n) is 9.29. The summed E-state index contributed by atoms with van der Waals surface area (Å²) in [6, 6.07) is 17.8. The molecule has 15 heteroatoms. The van der Waals surface area contributed by atoms with Crippen molar-refractivity contribution < 1.29 is 36.8 Å². The Balaban J connectivity index is 1.47. The summed E-state index contributed by atoms with van der Waals surface area (Å²) < 4.78 is 62.4. The first-order valence-corrected chi connectivity index (χ1v) is 16.7. The summed E-state index contributed by atoms with van der Waals surface area (Å²) in [6.07, 6.45) is -4.78. The van der Waals surface area contributed by atoms with Crippen LogP contribution < -0.4 is 5.32 Å². The van der Waals surface area contributed by atoms with Gasteiger partial charge < -0.3 is 19.9 Å². The van der Waals surface area contributed by atoms with E-state index in [0.717, 1.165) is 29.3 Å². The number of nitrogens with one attached hydrogen (secondary N) is 1. The van der Waals surface area contributed by atoms with E-state index in [2.05, 4.69) is 16.8 Å². The molecule has 1 amide bonds. The van der Waals surface area contributed by atoms with Crippen molar-refractivity contribution in [1.29, 1.82) is 0 Å². The van der Waals surface area contributed by atoms with E-state index in [0.29, 0.717) is 38.4 Å². The summed E-state index contributed by atoms with van der Waals surface area (Å²) in [4.78, 5) is 44.0. The number of piperazine rings is 1. The molecule has 2 heterocycles. The highest BCUT2D eigenvalue weighted by Gasteiger charge is 2.40. The minimum absolute atomic E-state index is 0.00765. The number of non-ortho nitro benzene ring substituents is 1. The standard InChI is InChI=1S/C37H40F4N6O5/c1-25-35(44-19-17-43(18-20-44)22-27-9-7-12-29(21-27)47(50)51)36(49)46(24-33(28-10-5-4-6-11-28)42-16-15-34(48)52-3)26(2)45(25)23-30-31(37(39,40)41)13-8-14-32(30)38/h4-14,21,33,42H,2,15-20,22-24H2,1,3H3/t33-/m0/s1. The van der Waals surface area contributed by atoms with Crippen LogP contribution in [-0.2, 0) is 33.6 Å². The van der Waals surface area contributed by atoms with Gasteiger partial charge in [0, 0.05) is 69.2 Å². The first kappa shape index (κ1) is 38.0. The van der Waals surface area contributed by atoms with Gasteiger partial charge in [-0.25, -0.2) is 4.39 Å². The largest absolute Gasteiger partial charge is 0.469 e. The van der Waals surface area contributed by atoms with Crippen LogP contribution in [0.1, 0.15) is 41.6 Å². The molecule has 0 unspecified atom stereocenters. The molecule has 2 aliphatic rings. The minimum atomic E-state index is -4.83. The van der Waals surface area contributed by atoms with Crippen LogP contribution in [0.3, 0.4) is 0 Å². The molecule has 0 saturated carbocycles. The second kappa shape index (κ2) is 16.4. The smallest absolute Gasteiger partial charge is 0.416 e. The number of benzene rings is 3. The number of nitro groups is 1. The summed E-state index contributed by atoms with van der Waals surface area (Å²) in [7, 11) is 1.28. The minimum Gasteiger partial charge on any atom is -0.469 e. The molecule has 0 aliphatic carbocycles. The number of hydrogen-bond donors (Lipinski definition) is 1. The molecular weight excluding hydrogens is 684 g/mol. The van der Waals surface area contributed by atoms with Gasteiger partial charge in [-0.2, -0.15) is 13.2 Å². The maximum atomic E-state index is 15.2. The van der Waals surface area contributed by atoms with Crippen molar-refractivity contribution in [3.05, 3.63) is 135 Å². The molecule has 1 N–H and O–H groups in total. The molecule has 5 rings (SSSR count). The van der Waals surface area contributed by atoms with E-state index in [-0.39, 0.29) is 36.7 Å². The van der Waals surface area contributed by atoms with Crippen LogP contribution in [0.25, 0.3) is 0 Å². The summed E-state index contributed by atoms with van der Waals surface area (Å²) in [5.74, 6) is -1.82. The monoisotopic (exact) mass is 724 g/mol. The number of alkyl halides is 3. The van der Waals surface area contributed by atoms with Gasteiger partial charge in [-0.15, -0.1) is 0 Å². The zero-order valence-electron chi connectivity index (χ0n) is 28.9. The fourth-order valence-corrected chi connectivity index (χ4v) is 6.53.